The smallest absolute Gasteiger partial charge is 0.331 e. The number of halogens is 1. The SMILES string of the molecule is C#CCOC(=O)/C=C/c1cc(Br)c(OCc2ccccc2)c(OC)c1. The minimum atomic E-state index is -0.502. The number of hydrogen-bond donors (Lipinski definition) is 0. The molecule has 0 amide bonds. The molecule has 0 aliphatic carbocycles. The van der Waals surface area contributed by atoms with Crippen LogP contribution in [0.1, 0.15) is 11.1 Å². The molecule has 5 heteroatoms. The van der Waals surface area contributed by atoms with Crippen molar-refractivity contribution >= 4 is 28.0 Å². The molecule has 128 valence electrons. The Hall–Kier alpha value is -2.71. The Labute approximate surface area is 155 Å². The number of ether oxygens (including phenoxy) is 3. The van der Waals surface area contributed by atoms with Crippen LogP contribution in [0.25, 0.3) is 6.08 Å². The van der Waals surface area contributed by atoms with Crippen LogP contribution in [0.5, 0.6) is 11.5 Å². The van der Waals surface area contributed by atoms with Gasteiger partial charge in [0.1, 0.15) is 6.61 Å². The van der Waals surface area contributed by atoms with Gasteiger partial charge in [-0.2, -0.15) is 0 Å². The Morgan fingerprint density at radius 1 is 1.28 bits per heavy atom. The van der Waals surface area contributed by atoms with Gasteiger partial charge in [0, 0.05) is 6.08 Å². The fourth-order valence-electron chi connectivity index (χ4n) is 2.03. The molecule has 2 rings (SSSR count). The molecule has 25 heavy (non-hydrogen) atoms. The van der Waals surface area contributed by atoms with E-state index in [1.807, 2.05) is 36.4 Å². The summed E-state index contributed by atoms with van der Waals surface area (Å²) in [4.78, 5) is 11.5. The average Bonchev–Trinajstić information content (AvgIpc) is 2.64. The molecule has 0 aliphatic rings. The lowest BCUT2D eigenvalue weighted by molar-refractivity contribution is -0.136. The quantitative estimate of drug-likeness (QED) is 0.396. The second-order valence-electron chi connectivity index (χ2n) is 4.95. The Balaban J connectivity index is 2.13. The van der Waals surface area contributed by atoms with Crippen molar-refractivity contribution < 1.29 is 19.0 Å². The molecule has 2 aromatic rings. The van der Waals surface area contributed by atoms with E-state index in [-0.39, 0.29) is 6.61 Å². The predicted molar refractivity (Wildman–Crippen MR) is 100 cm³/mol. The second-order valence-corrected chi connectivity index (χ2v) is 5.81. The number of terminal acetylenes is 1. The second kappa shape index (κ2) is 9.55. The lowest BCUT2D eigenvalue weighted by Crippen LogP contribution is -2.00. The molecule has 0 N–H and O–H groups in total. The van der Waals surface area contributed by atoms with Crippen molar-refractivity contribution in [1.29, 1.82) is 0 Å². The highest BCUT2D eigenvalue weighted by Crippen LogP contribution is 2.37. The molecule has 0 heterocycles. The summed E-state index contributed by atoms with van der Waals surface area (Å²) in [5.41, 5.74) is 1.81. The third-order valence-electron chi connectivity index (χ3n) is 3.19. The average molecular weight is 401 g/mol. The third kappa shape index (κ3) is 5.70. The summed E-state index contributed by atoms with van der Waals surface area (Å²) in [7, 11) is 1.56. The van der Waals surface area contributed by atoms with E-state index in [1.165, 1.54) is 6.08 Å². The molecule has 4 nitrogen and oxygen atoms in total. The van der Waals surface area contributed by atoms with Gasteiger partial charge < -0.3 is 14.2 Å². The summed E-state index contributed by atoms with van der Waals surface area (Å²) >= 11 is 3.48. The van der Waals surface area contributed by atoms with Crippen LogP contribution < -0.4 is 9.47 Å². The van der Waals surface area contributed by atoms with Crippen molar-refractivity contribution in [2.24, 2.45) is 0 Å². The first kappa shape index (κ1) is 18.6. The first-order chi connectivity index (χ1) is 12.1. The first-order valence-corrected chi connectivity index (χ1v) is 8.26. The molecule has 0 bridgehead atoms. The van der Waals surface area contributed by atoms with Crippen molar-refractivity contribution in [3.05, 3.63) is 64.1 Å². The van der Waals surface area contributed by atoms with Gasteiger partial charge in [0.2, 0.25) is 0 Å². The molecule has 0 atom stereocenters. The van der Waals surface area contributed by atoms with E-state index in [9.17, 15) is 4.79 Å². The Kier molecular flexibility index (Phi) is 7.12. The van der Waals surface area contributed by atoms with Gasteiger partial charge in [0.15, 0.2) is 18.1 Å². The molecule has 0 saturated heterocycles. The van der Waals surface area contributed by atoms with Gasteiger partial charge >= 0.3 is 5.97 Å². The maximum atomic E-state index is 11.5. The summed E-state index contributed by atoms with van der Waals surface area (Å²) in [6, 6.07) is 13.4. The highest BCUT2D eigenvalue weighted by Gasteiger charge is 2.11. The lowest BCUT2D eigenvalue weighted by Gasteiger charge is -2.13. The van der Waals surface area contributed by atoms with Crippen LogP contribution in [0.2, 0.25) is 0 Å². The summed E-state index contributed by atoms with van der Waals surface area (Å²) in [5, 5.41) is 0. The molecule has 0 unspecified atom stereocenters. The van der Waals surface area contributed by atoms with E-state index < -0.39 is 5.97 Å². The van der Waals surface area contributed by atoms with Crippen LogP contribution in [-0.4, -0.2) is 19.7 Å². The van der Waals surface area contributed by atoms with Crippen LogP contribution in [-0.2, 0) is 16.1 Å². The van der Waals surface area contributed by atoms with E-state index >= 15 is 0 Å². The normalized spacial score (nSPS) is 10.3. The Morgan fingerprint density at radius 2 is 2.04 bits per heavy atom. The lowest BCUT2D eigenvalue weighted by atomic mass is 10.2. The zero-order valence-electron chi connectivity index (χ0n) is 13.7. The largest absolute Gasteiger partial charge is 0.493 e. The predicted octanol–water partition coefficient (Wildman–Crippen LogP) is 4.23. The monoisotopic (exact) mass is 400 g/mol. The van der Waals surface area contributed by atoms with Crippen molar-refractivity contribution in [3.63, 3.8) is 0 Å². The van der Waals surface area contributed by atoms with Gasteiger partial charge in [-0.05, 0) is 45.3 Å². The van der Waals surface area contributed by atoms with E-state index in [2.05, 4.69) is 21.9 Å². The van der Waals surface area contributed by atoms with Crippen LogP contribution in [0.3, 0.4) is 0 Å². The number of carbonyl (C=O) groups excluding carboxylic acids is 1. The topological polar surface area (TPSA) is 44.8 Å². The summed E-state index contributed by atoms with van der Waals surface area (Å²) < 4.78 is 16.8. The maximum absolute atomic E-state index is 11.5. The van der Waals surface area contributed by atoms with Crippen LogP contribution in [0.4, 0.5) is 0 Å². The minimum absolute atomic E-state index is 0.0531. The molecule has 2 aromatic carbocycles. The van der Waals surface area contributed by atoms with Crippen molar-refractivity contribution in [3.8, 4) is 23.8 Å². The molecule has 0 aromatic heterocycles. The van der Waals surface area contributed by atoms with E-state index in [0.29, 0.717) is 18.1 Å². The molecule has 0 radical (unpaired) electrons. The fraction of sp³-hybridized carbons (Fsp3) is 0.150. The van der Waals surface area contributed by atoms with Crippen LogP contribution >= 0.6 is 15.9 Å². The maximum Gasteiger partial charge on any atom is 0.331 e. The van der Waals surface area contributed by atoms with Crippen molar-refractivity contribution in [1.82, 2.24) is 0 Å². The third-order valence-corrected chi connectivity index (χ3v) is 3.78. The molecule has 0 saturated carbocycles. The van der Waals surface area contributed by atoms with E-state index in [1.54, 1.807) is 19.3 Å². The zero-order valence-corrected chi connectivity index (χ0v) is 15.3. The highest BCUT2D eigenvalue weighted by atomic mass is 79.9. The minimum Gasteiger partial charge on any atom is -0.493 e. The van der Waals surface area contributed by atoms with Crippen molar-refractivity contribution in [2.75, 3.05) is 13.7 Å². The van der Waals surface area contributed by atoms with Gasteiger partial charge in [-0.3, -0.25) is 0 Å². The number of benzene rings is 2. The Morgan fingerprint density at radius 3 is 2.72 bits per heavy atom. The fourth-order valence-corrected chi connectivity index (χ4v) is 2.61. The van der Waals surface area contributed by atoms with Crippen LogP contribution in [0, 0.1) is 12.3 Å². The van der Waals surface area contributed by atoms with Gasteiger partial charge in [-0.25, -0.2) is 4.79 Å². The summed E-state index contributed by atoms with van der Waals surface area (Å²) in [6.07, 6.45) is 7.97. The standard InChI is InChI=1S/C20H17BrO4/c1-3-11-24-19(22)10-9-16-12-17(21)20(18(13-16)23-2)25-14-15-7-5-4-6-8-15/h1,4-10,12-13H,11,14H2,2H3/b10-9+. The van der Waals surface area contributed by atoms with Gasteiger partial charge in [-0.1, -0.05) is 36.3 Å². The zero-order chi connectivity index (χ0) is 18.1. The van der Waals surface area contributed by atoms with Crippen molar-refractivity contribution in [2.45, 2.75) is 6.61 Å². The van der Waals surface area contributed by atoms with Gasteiger partial charge in [-0.15, -0.1) is 6.42 Å². The number of carbonyl (C=O) groups is 1. The Bertz CT molecular complexity index is 791. The molecule has 0 fully saturated rings. The van der Waals surface area contributed by atoms with Crippen LogP contribution in [0.15, 0.2) is 53.0 Å². The molecular formula is C20H17BrO4. The molecular weight excluding hydrogens is 384 g/mol. The van der Waals surface area contributed by atoms with Gasteiger partial charge in [0.05, 0.1) is 11.6 Å². The molecule has 0 spiro atoms. The summed E-state index contributed by atoms with van der Waals surface area (Å²) in [5.74, 6) is 2.89. The number of hydrogen-bond acceptors (Lipinski definition) is 4. The number of methoxy groups -OCH3 is 1. The van der Waals surface area contributed by atoms with E-state index in [4.69, 9.17) is 20.6 Å². The highest BCUT2D eigenvalue weighted by molar-refractivity contribution is 9.10. The first-order valence-electron chi connectivity index (χ1n) is 7.46. The molecule has 0 aliphatic heterocycles. The number of rotatable bonds is 7. The van der Waals surface area contributed by atoms with Gasteiger partial charge in [0.25, 0.3) is 0 Å². The van der Waals surface area contributed by atoms with E-state index in [0.717, 1.165) is 15.6 Å². The summed E-state index contributed by atoms with van der Waals surface area (Å²) in [6.45, 7) is 0.367. The number of esters is 1.